The Morgan fingerprint density at radius 3 is 2.37 bits per heavy atom. The minimum Gasteiger partial charge on any atom is -0.457 e. The lowest BCUT2D eigenvalue weighted by Gasteiger charge is -2.44. The number of carbonyl (C=O) groups excluding carboxylic acids is 2. The molecule has 5 atom stereocenters. The Labute approximate surface area is 255 Å². The molecule has 1 aromatic heterocycles. The monoisotopic (exact) mass is 603 g/mol. The second kappa shape index (κ2) is 14.3. The van der Waals surface area contributed by atoms with Crippen molar-refractivity contribution in [2.24, 2.45) is 23.2 Å². The molecule has 1 aromatic rings. The van der Waals surface area contributed by atoms with Crippen LogP contribution in [0.25, 0.3) is 6.08 Å². The van der Waals surface area contributed by atoms with Crippen molar-refractivity contribution < 1.29 is 18.8 Å². The van der Waals surface area contributed by atoms with E-state index in [-0.39, 0.29) is 35.0 Å². The van der Waals surface area contributed by atoms with Gasteiger partial charge >= 0.3 is 5.97 Å². The van der Waals surface area contributed by atoms with E-state index in [1.165, 1.54) is 5.57 Å². The van der Waals surface area contributed by atoms with E-state index < -0.39 is 25.9 Å². The van der Waals surface area contributed by atoms with Gasteiger partial charge in [0.05, 0.1) is 23.2 Å². The Hall–Kier alpha value is -1.57. The number of thiazole rings is 1. The van der Waals surface area contributed by atoms with Crippen LogP contribution in [0.1, 0.15) is 112 Å². The molecule has 0 aromatic carbocycles. The summed E-state index contributed by atoms with van der Waals surface area (Å²) >= 11 is 1.61. The van der Waals surface area contributed by atoms with E-state index >= 15 is 0 Å². The number of carbonyl (C=O) groups is 2. The molecule has 0 unspecified atom stereocenters. The van der Waals surface area contributed by atoms with Gasteiger partial charge in [0.1, 0.15) is 11.9 Å². The van der Waals surface area contributed by atoms with Crippen LogP contribution in [0.5, 0.6) is 0 Å². The van der Waals surface area contributed by atoms with Crippen LogP contribution in [0.2, 0.25) is 18.1 Å². The number of hydrogen-bond acceptors (Lipinski definition) is 6. The maximum Gasteiger partial charge on any atom is 0.309 e. The second-order valence-corrected chi connectivity index (χ2v) is 20.4. The molecule has 0 saturated heterocycles. The van der Waals surface area contributed by atoms with Crippen molar-refractivity contribution in [1.29, 1.82) is 0 Å². The van der Waals surface area contributed by atoms with E-state index in [2.05, 4.69) is 72.6 Å². The summed E-state index contributed by atoms with van der Waals surface area (Å²) < 4.78 is 13.1. The summed E-state index contributed by atoms with van der Waals surface area (Å²) in [5.41, 5.74) is 2.31. The fourth-order valence-corrected chi connectivity index (χ4v) is 7.30. The number of cyclic esters (lactones) is 1. The molecule has 0 bridgehead atoms. The maximum atomic E-state index is 14.2. The molecule has 232 valence electrons. The smallest absolute Gasteiger partial charge is 0.309 e. The standard InChI is InChI=1S/C34H57NO4SSi/c1-22-15-14-16-23(2)25(4)26(5)32(37)34(10,11)30(39-41(12,13)33(7,8)9)20-31(36)38-29(18-17-22)24(3)19-28-21-40-27(6)35-28/h17,19,21,23,25-26,29-30H,14-16,18,20H2,1-13H3/b22-17-,24-19+/t23-,25+,26-,29+,30+/m1/s1. The third-order valence-electron chi connectivity index (χ3n) is 9.84. The van der Waals surface area contributed by atoms with Gasteiger partial charge in [-0.2, -0.15) is 0 Å². The van der Waals surface area contributed by atoms with Crippen LogP contribution in [-0.2, 0) is 18.8 Å². The molecule has 0 amide bonds. The van der Waals surface area contributed by atoms with E-state index in [0.717, 1.165) is 35.5 Å². The number of aryl methyl sites for hydroxylation is 1. The molecular formula is C34H57NO4SSi. The van der Waals surface area contributed by atoms with Crippen LogP contribution in [0.3, 0.4) is 0 Å². The summed E-state index contributed by atoms with van der Waals surface area (Å²) in [5, 5.41) is 2.97. The van der Waals surface area contributed by atoms with Gasteiger partial charge in [0.15, 0.2) is 8.32 Å². The van der Waals surface area contributed by atoms with Gasteiger partial charge in [-0.1, -0.05) is 73.5 Å². The summed E-state index contributed by atoms with van der Waals surface area (Å²) in [5.74, 6) is 0.378. The molecule has 2 heterocycles. The first-order valence-corrected chi connectivity index (χ1v) is 19.2. The average Bonchev–Trinajstić information content (AvgIpc) is 3.27. The van der Waals surface area contributed by atoms with E-state index in [1.54, 1.807) is 11.3 Å². The van der Waals surface area contributed by atoms with E-state index in [4.69, 9.17) is 9.16 Å². The van der Waals surface area contributed by atoms with Gasteiger partial charge in [0, 0.05) is 23.1 Å². The van der Waals surface area contributed by atoms with E-state index in [1.807, 2.05) is 39.2 Å². The lowest BCUT2D eigenvalue weighted by atomic mass is 9.70. The highest BCUT2D eigenvalue weighted by molar-refractivity contribution is 7.09. The molecule has 2 rings (SSSR count). The van der Waals surface area contributed by atoms with Crippen molar-refractivity contribution in [2.45, 2.75) is 139 Å². The van der Waals surface area contributed by atoms with Crippen LogP contribution in [0.4, 0.5) is 0 Å². The van der Waals surface area contributed by atoms with Gasteiger partial charge < -0.3 is 9.16 Å². The number of allylic oxidation sites excluding steroid dienone is 1. The predicted molar refractivity (Wildman–Crippen MR) is 176 cm³/mol. The van der Waals surface area contributed by atoms with Crippen molar-refractivity contribution in [2.75, 3.05) is 0 Å². The number of aromatic nitrogens is 1. The minimum atomic E-state index is -2.30. The van der Waals surface area contributed by atoms with Crippen LogP contribution >= 0.6 is 11.3 Å². The number of Topliss-reactive ketones (excluding diaryl/α,β-unsaturated/α-hetero) is 1. The number of hydrogen-bond donors (Lipinski definition) is 0. The zero-order chi connectivity index (χ0) is 31.3. The highest BCUT2D eigenvalue weighted by atomic mass is 32.1. The first-order chi connectivity index (χ1) is 18.8. The Morgan fingerprint density at radius 1 is 1.17 bits per heavy atom. The lowest BCUT2D eigenvalue weighted by molar-refractivity contribution is -0.153. The summed E-state index contributed by atoms with van der Waals surface area (Å²) in [6, 6.07) is 0. The second-order valence-electron chi connectivity index (χ2n) is 14.6. The molecule has 5 nitrogen and oxygen atoms in total. The van der Waals surface area contributed by atoms with E-state index in [9.17, 15) is 9.59 Å². The van der Waals surface area contributed by atoms with Crippen molar-refractivity contribution in [1.82, 2.24) is 4.98 Å². The zero-order valence-electron chi connectivity index (χ0n) is 28.1. The minimum absolute atomic E-state index is 0.0458. The summed E-state index contributed by atoms with van der Waals surface area (Å²) in [4.78, 5) is 32.4. The Kier molecular flexibility index (Phi) is 12.4. The van der Waals surface area contributed by atoms with Crippen molar-refractivity contribution >= 4 is 37.5 Å². The molecule has 0 aliphatic carbocycles. The molecule has 0 spiro atoms. The van der Waals surface area contributed by atoms with Gasteiger partial charge in [-0.3, -0.25) is 9.59 Å². The zero-order valence-corrected chi connectivity index (χ0v) is 30.0. The Morgan fingerprint density at radius 2 is 1.80 bits per heavy atom. The molecular weight excluding hydrogens is 547 g/mol. The third kappa shape index (κ3) is 9.72. The van der Waals surface area contributed by atoms with Crippen LogP contribution in [0.15, 0.2) is 22.6 Å². The normalized spacial score (nSPS) is 29.5. The molecule has 1 aliphatic heterocycles. The van der Waals surface area contributed by atoms with Crippen LogP contribution in [0, 0.1) is 30.1 Å². The van der Waals surface area contributed by atoms with Crippen molar-refractivity contribution in [3.05, 3.63) is 33.3 Å². The van der Waals surface area contributed by atoms with E-state index in [0.29, 0.717) is 12.3 Å². The van der Waals surface area contributed by atoms with Crippen molar-refractivity contribution in [3.63, 3.8) is 0 Å². The summed E-state index contributed by atoms with van der Waals surface area (Å²) in [6.45, 7) is 27.6. The topological polar surface area (TPSA) is 65.5 Å². The number of nitrogens with zero attached hydrogens (tertiary/aromatic N) is 1. The first kappa shape index (κ1) is 35.6. The highest BCUT2D eigenvalue weighted by Gasteiger charge is 2.48. The fraction of sp³-hybridized carbons (Fsp3) is 0.735. The molecule has 41 heavy (non-hydrogen) atoms. The number of esters is 1. The van der Waals surface area contributed by atoms with Gasteiger partial charge in [0.2, 0.25) is 0 Å². The highest BCUT2D eigenvalue weighted by Crippen LogP contribution is 2.42. The summed E-state index contributed by atoms with van der Waals surface area (Å²) in [7, 11) is -2.30. The quantitative estimate of drug-likeness (QED) is 0.195. The lowest BCUT2D eigenvalue weighted by Crippen LogP contribution is -2.52. The van der Waals surface area contributed by atoms with Gasteiger partial charge in [-0.05, 0) is 75.2 Å². The molecule has 0 radical (unpaired) electrons. The van der Waals surface area contributed by atoms with Crippen molar-refractivity contribution in [3.8, 4) is 0 Å². The van der Waals surface area contributed by atoms with Gasteiger partial charge in [-0.15, -0.1) is 11.3 Å². The van der Waals surface area contributed by atoms with Crippen LogP contribution in [-0.4, -0.2) is 37.3 Å². The molecule has 1 aliphatic rings. The average molecular weight is 604 g/mol. The molecule has 7 heteroatoms. The van der Waals surface area contributed by atoms with Gasteiger partial charge in [-0.25, -0.2) is 4.98 Å². The largest absolute Gasteiger partial charge is 0.457 e. The predicted octanol–water partition coefficient (Wildman–Crippen LogP) is 9.57. The number of rotatable bonds is 4. The SMILES string of the molecule is C/C1=C/C[C@@H](/C(C)=C/c2csc(C)n2)OC(=O)C[C@H](O[Si](C)(C)C(C)(C)C)C(C)(C)C(=O)[C@H](C)[C@@H](C)[C@H](C)CCC1. The molecule has 0 N–H and O–H groups in total. The molecule has 0 saturated carbocycles. The van der Waals surface area contributed by atoms with Gasteiger partial charge in [0.25, 0.3) is 0 Å². The third-order valence-corrected chi connectivity index (χ3v) is 15.1. The Bertz CT molecular complexity index is 1110. The molecule has 0 fully saturated rings. The Balaban J connectivity index is 2.53. The summed E-state index contributed by atoms with van der Waals surface area (Å²) in [6.07, 6.45) is 7.09. The first-order valence-electron chi connectivity index (χ1n) is 15.4. The number of ketones is 1. The fourth-order valence-electron chi connectivity index (χ4n) is 5.29. The number of ether oxygens (including phenoxy) is 1. The maximum absolute atomic E-state index is 14.2. The van der Waals surface area contributed by atoms with Crippen LogP contribution < -0.4 is 0 Å².